The van der Waals surface area contributed by atoms with Crippen LogP contribution in [0, 0.1) is 5.92 Å². The highest BCUT2D eigenvalue weighted by molar-refractivity contribution is 5.91. The van der Waals surface area contributed by atoms with Crippen LogP contribution in [0.2, 0.25) is 0 Å². The average molecular weight is 248 g/mol. The molecule has 0 spiro atoms. The van der Waals surface area contributed by atoms with Crippen LogP contribution < -0.4 is 0 Å². The van der Waals surface area contributed by atoms with Gasteiger partial charge in [0.25, 0.3) is 0 Å². The minimum atomic E-state index is 0.341. The summed E-state index contributed by atoms with van der Waals surface area (Å²) in [5.74, 6) is 1.09. The van der Waals surface area contributed by atoms with Gasteiger partial charge in [0.15, 0.2) is 5.78 Å². The zero-order chi connectivity index (χ0) is 13.4. The molecule has 102 valence electrons. The largest absolute Gasteiger partial charge is 0.295 e. The van der Waals surface area contributed by atoms with Crippen molar-refractivity contribution in [2.24, 2.45) is 5.92 Å². The van der Waals surface area contributed by atoms with Crippen molar-refractivity contribution in [1.82, 2.24) is 0 Å². The van der Waals surface area contributed by atoms with Crippen molar-refractivity contribution in [3.63, 3.8) is 0 Å². The summed E-state index contributed by atoms with van der Waals surface area (Å²) >= 11 is 0. The lowest BCUT2D eigenvalue weighted by molar-refractivity contribution is -0.115. The lowest BCUT2D eigenvalue weighted by Gasteiger charge is -2.18. The zero-order valence-corrected chi connectivity index (χ0v) is 12.3. The monoisotopic (exact) mass is 248 g/mol. The van der Waals surface area contributed by atoms with E-state index in [-0.39, 0.29) is 0 Å². The van der Waals surface area contributed by atoms with Crippen LogP contribution in [0.3, 0.4) is 0 Å². The molecule has 0 fully saturated rings. The average Bonchev–Trinajstić information content (AvgIpc) is 2.37. The lowest BCUT2D eigenvalue weighted by atomic mass is 9.87. The summed E-state index contributed by atoms with van der Waals surface area (Å²) in [6, 6.07) is 0. The van der Waals surface area contributed by atoms with Gasteiger partial charge < -0.3 is 0 Å². The topological polar surface area (TPSA) is 17.1 Å². The molecule has 1 nitrogen and oxygen atoms in total. The van der Waals surface area contributed by atoms with Gasteiger partial charge in [-0.15, -0.1) is 0 Å². The first-order valence-electron chi connectivity index (χ1n) is 7.53. The Labute approximate surface area is 112 Å². The number of hydrogen-bond acceptors (Lipinski definition) is 1. The summed E-state index contributed by atoms with van der Waals surface area (Å²) < 4.78 is 0. The van der Waals surface area contributed by atoms with Gasteiger partial charge in [-0.05, 0) is 57.4 Å². The van der Waals surface area contributed by atoms with Crippen LogP contribution >= 0.6 is 0 Å². The second-order valence-electron chi connectivity index (χ2n) is 5.58. The third-order valence-corrected chi connectivity index (χ3v) is 4.04. The number of carbonyl (C=O) groups excluding carboxylic acids is 1. The second-order valence-corrected chi connectivity index (χ2v) is 5.58. The molecule has 1 atom stereocenters. The molecule has 1 aliphatic rings. The molecule has 0 radical (unpaired) electrons. The number of carbonyl (C=O) groups is 1. The Kier molecular flexibility index (Phi) is 7.00. The Morgan fingerprint density at radius 1 is 1.39 bits per heavy atom. The first kappa shape index (κ1) is 15.2. The predicted octanol–water partition coefficient (Wildman–Crippen LogP) is 5.22. The molecule has 0 N–H and O–H groups in total. The molecule has 0 aromatic carbocycles. The molecule has 0 aromatic heterocycles. The maximum absolute atomic E-state index is 11.4. The molecule has 18 heavy (non-hydrogen) atoms. The van der Waals surface area contributed by atoms with Crippen molar-refractivity contribution >= 4 is 5.78 Å². The molecule has 0 amide bonds. The third kappa shape index (κ3) is 5.66. The van der Waals surface area contributed by atoms with Crippen LogP contribution in [-0.2, 0) is 4.79 Å². The normalized spacial score (nSPS) is 18.7. The fourth-order valence-corrected chi connectivity index (χ4v) is 2.55. The van der Waals surface area contributed by atoms with Crippen molar-refractivity contribution < 1.29 is 4.79 Å². The standard InChI is InChI=1S/C17H28O/c1-4-14(3)8-6-9-15(5-2)12-16-10-7-11-17(18)13-16/h8,13,15H,4-7,9-12H2,1-3H3/b14-8+. The molecule has 0 aliphatic heterocycles. The van der Waals surface area contributed by atoms with Crippen molar-refractivity contribution in [2.75, 3.05) is 0 Å². The highest BCUT2D eigenvalue weighted by Crippen LogP contribution is 2.26. The smallest absolute Gasteiger partial charge is 0.155 e. The Balaban J connectivity index is 2.39. The molecule has 0 bridgehead atoms. The van der Waals surface area contributed by atoms with Crippen molar-refractivity contribution in [3.8, 4) is 0 Å². The number of rotatable bonds is 7. The quantitative estimate of drug-likeness (QED) is 0.565. The van der Waals surface area contributed by atoms with Crippen LogP contribution in [0.5, 0.6) is 0 Å². The van der Waals surface area contributed by atoms with Gasteiger partial charge in [0.1, 0.15) is 0 Å². The molecule has 0 saturated heterocycles. The Morgan fingerprint density at radius 2 is 2.17 bits per heavy atom. The van der Waals surface area contributed by atoms with Crippen LogP contribution in [0.25, 0.3) is 0 Å². The van der Waals surface area contributed by atoms with Gasteiger partial charge in [-0.2, -0.15) is 0 Å². The summed E-state index contributed by atoms with van der Waals surface area (Å²) in [7, 11) is 0. The van der Waals surface area contributed by atoms with E-state index >= 15 is 0 Å². The SMILES string of the molecule is CC/C(C)=C/CCC(CC)CC1=CC(=O)CCC1. The molecule has 1 rings (SSSR count). The maximum Gasteiger partial charge on any atom is 0.155 e. The minimum Gasteiger partial charge on any atom is -0.295 e. The summed E-state index contributed by atoms with van der Waals surface area (Å²) in [5.41, 5.74) is 2.89. The van der Waals surface area contributed by atoms with Gasteiger partial charge in [0.2, 0.25) is 0 Å². The van der Waals surface area contributed by atoms with Gasteiger partial charge in [-0.3, -0.25) is 4.79 Å². The van der Waals surface area contributed by atoms with Crippen molar-refractivity contribution in [2.45, 2.75) is 72.1 Å². The van der Waals surface area contributed by atoms with E-state index in [0.717, 1.165) is 38.0 Å². The summed E-state index contributed by atoms with van der Waals surface area (Å²) in [6.45, 7) is 6.69. The van der Waals surface area contributed by atoms with Gasteiger partial charge in [0, 0.05) is 6.42 Å². The molecule has 1 aliphatic carbocycles. The summed E-state index contributed by atoms with van der Waals surface area (Å²) in [5, 5.41) is 0. The van der Waals surface area contributed by atoms with E-state index in [1.807, 2.05) is 6.08 Å². The predicted molar refractivity (Wildman–Crippen MR) is 78.6 cm³/mol. The van der Waals surface area contributed by atoms with Crippen molar-refractivity contribution in [1.29, 1.82) is 0 Å². The summed E-state index contributed by atoms with van der Waals surface area (Å²) in [6.07, 6.45) is 13.3. The van der Waals surface area contributed by atoms with Crippen LogP contribution in [0.1, 0.15) is 72.1 Å². The molecule has 0 aromatic rings. The van der Waals surface area contributed by atoms with Crippen LogP contribution in [0.15, 0.2) is 23.3 Å². The van der Waals surface area contributed by atoms with Gasteiger partial charge >= 0.3 is 0 Å². The number of ketones is 1. The van der Waals surface area contributed by atoms with Gasteiger partial charge in [-0.25, -0.2) is 0 Å². The number of hydrogen-bond donors (Lipinski definition) is 0. The molecule has 1 unspecified atom stereocenters. The first-order chi connectivity index (χ1) is 8.65. The Morgan fingerprint density at radius 3 is 2.78 bits per heavy atom. The molecule has 0 heterocycles. The lowest BCUT2D eigenvalue weighted by Crippen LogP contribution is -2.07. The first-order valence-corrected chi connectivity index (χ1v) is 7.53. The van der Waals surface area contributed by atoms with E-state index in [4.69, 9.17) is 0 Å². The molecule has 1 heteroatoms. The van der Waals surface area contributed by atoms with E-state index < -0.39 is 0 Å². The highest BCUT2D eigenvalue weighted by atomic mass is 16.1. The zero-order valence-electron chi connectivity index (χ0n) is 12.3. The molecular formula is C17H28O. The van der Waals surface area contributed by atoms with E-state index in [1.54, 1.807) is 0 Å². The van der Waals surface area contributed by atoms with Crippen LogP contribution in [-0.4, -0.2) is 5.78 Å². The van der Waals surface area contributed by atoms with Gasteiger partial charge in [0.05, 0.1) is 0 Å². The van der Waals surface area contributed by atoms with E-state index in [2.05, 4.69) is 26.8 Å². The molecule has 0 saturated carbocycles. The highest BCUT2D eigenvalue weighted by Gasteiger charge is 2.14. The van der Waals surface area contributed by atoms with Crippen LogP contribution in [0.4, 0.5) is 0 Å². The second kappa shape index (κ2) is 8.29. The molecular weight excluding hydrogens is 220 g/mol. The Bertz CT molecular complexity index is 323. The minimum absolute atomic E-state index is 0.341. The van der Waals surface area contributed by atoms with Gasteiger partial charge in [-0.1, -0.05) is 37.5 Å². The fourth-order valence-electron chi connectivity index (χ4n) is 2.55. The maximum atomic E-state index is 11.4. The van der Waals surface area contributed by atoms with E-state index in [1.165, 1.54) is 30.4 Å². The number of allylic oxidation sites excluding steroid dienone is 4. The van der Waals surface area contributed by atoms with Crippen molar-refractivity contribution in [3.05, 3.63) is 23.3 Å². The summed E-state index contributed by atoms with van der Waals surface area (Å²) in [4.78, 5) is 11.4. The van der Waals surface area contributed by atoms with E-state index in [9.17, 15) is 4.79 Å². The van der Waals surface area contributed by atoms with E-state index in [0.29, 0.717) is 5.78 Å². The third-order valence-electron chi connectivity index (χ3n) is 4.04. The fraction of sp³-hybridized carbons (Fsp3) is 0.706. The Hall–Kier alpha value is -0.850.